The van der Waals surface area contributed by atoms with E-state index in [-0.39, 0.29) is 0 Å². The van der Waals surface area contributed by atoms with Crippen molar-refractivity contribution in [3.8, 4) is 28.4 Å². The minimum atomic E-state index is 0.557. The standard InChI is InChI=1S/C16H16N4O2/c1-21-13-6-3-11(4-7-13)15-10-20(19-18-15)12-5-8-16(22-2)14(17)9-12/h3-10H,17H2,1-2H3. The third kappa shape index (κ3) is 2.58. The molecule has 1 aromatic heterocycles. The van der Waals surface area contributed by atoms with E-state index in [0.29, 0.717) is 11.4 Å². The van der Waals surface area contributed by atoms with Gasteiger partial charge in [0.2, 0.25) is 0 Å². The molecule has 0 saturated carbocycles. The van der Waals surface area contributed by atoms with E-state index < -0.39 is 0 Å². The largest absolute Gasteiger partial charge is 0.497 e. The number of anilines is 1. The number of methoxy groups -OCH3 is 2. The molecule has 0 aliphatic carbocycles. The third-order valence-electron chi connectivity index (χ3n) is 3.36. The molecule has 0 amide bonds. The van der Waals surface area contributed by atoms with Crippen molar-refractivity contribution in [3.05, 3.63) is 48.7 Å². The molecule has 0 bridgehead atoms. The molecule has 112 valence electrons. The van der Waals surface area contributed by atoms with Crippen LogP contribution in [0.1, 0.15) is 0 Å². The summed E-state index contributed by atoms with van der Waals surface area (Å²) in [5.41, 5.74) is 9.04. The highest BCUT2D eigenvalue weighted by Crippen LogP contribution is 2.25. The molecule has 22 heavy (non-hydrogen) atoms. The Kier molecular flexibility index (Phi) is 3.65. The lowest BCUT2D eigenvalue weighted by Gasteiger charge is -2.06. The molecule has 0 radical (unpaired) electrons. The van der Waals surface area contributed by atoms with E-state index in [9.17, 15) is 0 Å². The maximum Gasteiger partial charge on any atom is 0.141 e. The summed E-state index contributed by atoms with van der Waals surface area (Å²) in [5, 5.41) is 8.33. The van der Waals surface area contributed by atoms with E-state index in [1.54, 1.807) is 31.0 Å². The highest BCUT2D eigenvalue weighted by molar-refractivity contribution is 5.61. The highest BCUT2D eigenvalue weighted by atomic mass is 16.5. The van der Waals surface area contributed by atoms with E-state index in [0.717, 1.165) is 22.7 Å². The zero-order valence-electron chi connectivity index (χ0n) is 12.4. The summed E-state index contributed by atoms with van der Waals surface area (Å²) in [6, 6.07) is 13.1. The molecule has 0 aliphatic heterocycles. The van der Waals surface area contributed by atoms with Crippen molar-refractivity contribution in [2.45, 2.75) is 0 Å². The fraction of sp³-hybridized carbons (Fsp3) is 0.125. The van der Waals surface area contributed by atoms with Crippen LogP contribution in [0, 0.1) is 0 Å². The summed E-state index contributed by atoms with van der Waals surface area (Å²) in [6.45, 7) is 0. The molecule has 6 heteroatoms. The van der Waals surface area contributed by atoms with Gasteiger partial charge < -0.3 is 15.2 Å². The average Bonchev–Trinajstić information content (AvgIpc) is 3.05. The van der Waals surface area contributed by atoms with E-state index in [1.807, 2.05) is 36.5 Å². The number of rotatable bonds is 4. The molecule has 6 nitrogen and oxygen atoms in total. The molecule has 2 N–H and O–H groups in total. The number of aromatic nitrogens is 3. The van der Waals surface area contributed by atoms with Gasteiger partial charge in [-0.1, -0.05) is 5.21 Å². The smallest absolute Gasteiger partial charge is 0.141 e. The van der Waals surface area contributed by atoms with Crippen molar-refractivity contribution in [1.82, 2.24) is 15.0 Å². The van der Waals surface area contributed by atoms with Crippen LogP contribution in [0.4, 0.5) is 5.69 Å². The molecule has 0 fully saturated rings. The molecule has 2 aromatic carbocycles. The first-order chi connectivity index (χ1) is 10.7. The number of nitrogens with two attached hydrogens (primary N) is 1. The first kappa shape index (κ1) is 13.9. The lowest BCUT2D eigenvalue weighted by molar-refractivity contribution is 0.415. The molecule has 0 saturated heterocycles. The Morgan fingerprint density at radius 1 is 1.00 bits per heavy atom. The van der Waals surface area contributed by atoms with Crippen LogP contribution in [0.2, 0.25) is 0 Å². The number of hydrogen-bond acceptors (Lipinski definition) is 5. The fourth-order valence-electron chi connectivity index (χ4n) is 2.15. The molecule has 0 atom stereocenters. The minimum Gasteiger partial charge on any atom is -0.497 e. The average molecular weight is 296 g/mol. The van der Waals surface area contributed by atoms with Crippen LogP contribution >= 0.6 is 0 Å². The lowest BCUT2D eigenvalue weighted by Crippen LogP contribution is -1.98. The number of nitrogens with zero attached hydrogens (tertiary/aromatic N) is 3. The predicted octanol–water partition coefficient (Wildman–Crippen LogP) is 2.53. The normalized spacial score (nSPS) is 10.5. The maximum absolute atomic E-state index is 5.92. The van der Waals surface area contributed by atoms with Crippen LogP contribution in [0.5, 0.6) is 11.5 Å². The van der Waals surface area contributed by atoms with Gasteiger partial charge in [0.1, 0.15) is 17.2 Å². The van der Waals surface area contributed by atoms with Crippen LogP contribution < -0.4 is 15.2 Å². The fourth-order valence-corrected chi connectivity index (χ4v) is 2.15. The van der Waals surface area contributed by atoms with E-state index in [2.05, 4.69) is 10.3 Å². The van der Waals surface area contributed by atoms with Crippen LogP contribution in [-0.2, 0) is 0 Å². The van der Waals surface area contributed by atoms with E-state index >= 15 is 0 Å². The molecule has 0 unspecified atom stereocenters. The molecule has 0 aliphatic rings. The van der Waals surface area contributed by atoms with Crippen LogP contribution in [0.15, 0.2) is 48.7 Å². The summed E-state index contributed by atoms with van der Waals surface area (Å²) in [7, 11) is 3.22. The van der Waals surface area contributed by atoms with Crippen LogP contribution in [0.25, 0.3) is 16.9 Å². The van der Waals surface area contributed by atoms with Crippen molar-refractivity contribution >= 4 is 5.69 Å². The monoisotopic (exact) mass is 296 g/mol. The first-order valence-electron chi connectivity index (χ1n) is 6.72. The molecule has 1 heterocycles. The summed E-state index contributed by atoms with van der Waals surface area (Å²) in [5.74, 6) is 1.44. The number of ether oxygens (including phenoxy) is 2. The molecule has 3 rings (SSSR count). The van der Waals surface area contributed by atoms with Crippen molar-refractivity contribution in [2.24, 2.45) is 0 Å². The summed E-state index contributed by atoms with van der Waals surface area (Å²) < 4.78 is 12.0. The minimum absolute atomic E-state index is 0.557. The van der Waals surface area contributed by atoms with Gasteiger partial charge in [0.05, 0.1) is 31.8 Å². The number of hydrogen-bond donors (Lipinski definition) is 1. The zero-order chi connectivity index (χ0) is 15.5. The summed E-state index contributed by atoms with van der Waals surface area (Å²) in [6.07, 6.45) is 1.85. The zero-order valence-corrected chi connectivity index (χ0v) is 12.4. The Bertz CT molecular complexity index is 781. The SMILES string of the molecule is COc1ccc(-c2cn(-c3ccc(OC)c(N)c3)nn2)cc1. The first-order valence-corrected chi connectivity index (χ1v) is 6.72. The number of benzene rings is 2. The Balaban J connectivity index is 1.91. The van der Waals surface area contributed by atoms with Crippen molar-refractivity contribution < 1.29 is 9.47 Å². The summed E-state index contributed by atoms with van der Waals surface area (Å²) in [4.78, 5) is 0. The Hall–Kier alpha value is -3.02. The quantitative estimate of drug-likeness (QED) is 0.749. The van der Waals surface area contributed by atoms with Gasteiger partial charge in [0.15, 0.2) is 0 Å². The van der Waals surface area contributed by atoms with E-state index in [4.69, 9.17) is 15.2 Å². The van der Waals surface area contributed by atoms with Gasteiger partial charge in [-0.3, -0.25) is 0 Å². The Morgan fingerprint density at radius 2 is 1.77 bits per heavy atom. The van der Waals surface area contributed by atoms with Gasteiger partial charge in [0.25, 0.3) is 0 Å². The second-order valence-corrected chi connectivity index (χ2v) is 4.70. The topological polar surface area (TPSA) is 75.2 Å². The molecular weight excluding hydrogens is 280 g/mol. The number of nitrogen functional groups attached to an aromatic ring is 1. The molecular formula is C16H16N4O2. The van der Waals surface area contributed by atoms with Gasteiger partial charge in [0, 0.05) is 5.56 Å². The summed E-state index contributed by atoms with van der Waals surface area (Å²) >= 11 is 0. The lowest BCUT2D eigenvalue weighted by atomic mass is 10.1. The van der Waals surface area contributed by atoms with Crippen molar-refractivity contribution in [1.29, 1.82) is 0 Å². The third-order valence-corrected chi connectivity index (χ3v) is 3.36. The second kappa shape index (κ2) is 5.77. The van der Waals surface area contributed by atoms with Gasteiger partial charge in [-0.15, -0.1) is 5.10 Å². The molecule has 0 spiro atoms. The highest BCUT2D eigenvalue weighted by Gasteiger charge is 2.07. The maximum atomic E-state index is 5.92. The van der Waals surface area contributed by atoms with Gasteiger partial charge in [-0.2, -0.15) is 0 Å². The van der Waals surface area contributed by atoms with Gasteiger partial charge in [-0.25, -0.2) is 4.68 Å². The van der Waals surface area contributed by atoms with Crippen molar-refractivity contribution in [2.75, 3.05) is 20.0 Å². The Morgan fingerprint density at radius 3 is 2.41 bits per heavy atom. The second-order valence-electron chi connectivity index (χ2n) is 4.70. The van der Waals surface area contributed by atoms with Crippen LogP contribution in [0.3, 0.4) is 0 Å². The van der Waals surface area contributed by atoms with Gasteiger partial charge >= 0.3 is 0 Å². The van der Waals surface area contributed by atoms with Crippen molar-refractivity contribution in [3.63, 3.8) is 0 Å². The predicted molar refractivity (Wildman–Crippen MR) is 84.3 cm³/mol. The van der Waals surface area contributed by atoms with Gasteiger partial charge in [-0.05, 0) is 42.5 Å². The van der Waals surface area contributed by atoms with Crippen LogP contribution in [-0.4, -0.2) is 29.2 Å². The van der Waals surface area contributed by atoms with E-state index in [1.165, 1.54) is 0 Å². The Labute approximate surface area is 128 Å². The molecule has 3 aromatic rings.